The first-order valence-corrected chi connectivity index (χ1v) is 7.09. The molecule has 1 aromatic heterocycles. The van der Waals surface area contributed by atoms with Gasteiger partial charge >= 0.3 is 0 Å². The molecule has 102 valence electrons. The maximum atomic E-state index is 9.08. The van der Waals surface area contributed by atoms with Gasteiger partial charge in [0.1, 0.15) is 0 Å². The van der Waals surface area contributed by atoms with E-state index in [2.05, 4.69) is 33.8 Å². The molecule has 0 radical (unpaired) electrons. The molecule has 1 fully saturated rings. The maximum Gasteiger partial charge on any atom is 0.0976 e. The van der Waals surface area contributed by atoms with Gasteiger partial charge in [-0.1, -0.05) is 13.0 Å². The lowest BCUT2D eigenvalue weighted by Crippen LogP contribution is -2.50. The van der Waals surface area contributed by atoms with E-state index in [1.165, 1.54) is 0 Å². The Kier molecular flexibility index (Phi) is 5.31. The van der Waals surface area contributed by atoms with Crippen LogP contribution in [0.15, 0.2) is 24.4 Å². The Morgan fingerprint density at radius 1 is 1.32 bits per heavy atom. The third-order valence-corrected chi connectivity index (χ3v) is 3.79. The van der Waals surface area contributed by atoms with E-state index >= 15 is 0 Å². The second-order valence-electron chi connectivity index (χ2n) is 5.00. The van der Waals surface area contributed by atoms with Crippen LogP contribution in [0.5, 0.6) is 0 Å². The average Bonchev–Trinajstić information content (AvgIpc) is 2.49. The van der Waals surface area contributed by atoms with Gasteiger partial charge in [-0.2, -0.15) is 5.26 Å². The van der Waals surface area contributed by atoms with Crippen molar-refractivity contribution in [3.05, 3.63) is 30.1 Å². The van der Waals surface area contributed by atoms with Crippen molar-refractivity contribution in [3.8, 4) is 6.07 Å². The summed E-state index contributed by atoms with van der Waals surface area (Å²) in [5, 5.41) is 9.08. The van der Waals surface area contributed by atoms with Crippen LogP contribution >= 0.6 is 0 Å². The molecular formula is C15H22N4. The highest BCUT2D eigenvalue weighted by Gasteiger charge is 2.22. The van der Waals surface area contributed by atoms with E-state index in [9.17, 15) is 0 Å². The lowest BCUT2D eigenvalue weighted by Gasteiger charge is -2.36. The molecule has 4 nitrogen and oxygen atoms in total. The molecule has 0 N–H and O–H groups in total. The van der Waals surface area contributed by atoms with Crippen LogP contribution in [0.3, 0.4) is 0 Å². The molecule has 1 unspecified atom stereocenters. The molecule has 0 bridgehead atoms. The summed E-state index contributed by atoms with van der Waals surface area (Å²) in [6.07, 6.45) is 3.78. The molecule has 1 aromatic rings. The quantitative estimate of drug-likeness (QED) is 0.803. The number of rotatable bonds is 5. The maximum absolute atomic E-state index is 9.08. The first kappa shape index (κ1) is 14.0. The number of hydrogen-bond donors (Lipinski definition) is 0. The van der Waals surface area contributed by atoms with Crippen molar-refractivity contribution >= 4 is 0 Å². The summed E-state index contributed by atoms with van der Waals surface area (Å²) in [6.45, 7) is 7.29. The smallest absolute Gasteiger partial charge is 0.0976 e. The van der Waals surface area contributed by atoms with Crippen molar-refractivity contribution in [1.82, 2.24) is 14.8 Å². The van der Waals surface area contributed by atoms with E-state index in [0.29, 0.717) is 0 Å². The molecule has 2 heterocycles. The highest BCUT2D eigenvalue weighted by Crippen LogP contribution is 2.09. The molecule has 0 aromatic carbocycles. The van der Waals surface area contributed by atoms with Gasteiger partial charge in [-0.25, -0.2) is 0 Å². The summed E-state index contributed by atoms with van der Waals surface area (Å²) in [6, 6.07) is 8.56. The van der Waals surface area contributed by atoms with Crippen molar-refractivity contribution in [2.45, 2.75) is 25.8 Å². The van der Waals surface area contributed by atoms with Gasteiger partial charge in [0, 0.05) is 51.0 Å². The van der Waals surface area contributed by atoms with E-state index in [4.69, 9.17) is 5.26 Å². The summed E-state index contributed by atoms with van der Waals surface area (Å²) < 4.78 is 0. The molecule has 0 spiro atoms. The second-order valence-corrected chi connectivity index (χ2v) is 5.00. The Morgan fingerprint density at radius 2 is 2.11 bits per heavy atom. The van der Waals surface area contributed by atoms with E-state index in [1.54, 1.807) is 0 Å². The minimum atomic E-state index is 0.0953. The Labute approximate surface area is 115 Å². The third-order valence-electron chi connectivity index (χ3n) is 3.79. The van der Waals surface area contributed by atoms with E-state index in [1.807, 2.05) is 18.3 Å². The van der Waals surface area contributed by atoms with Gasteiger partial charge in [-0.15, -0.1) is 0 Å². The minimum absolute atomic E-state index is 0.0953. The zero-order valence-corrected chi connectivity index (χ0v) is 11.6. The van der Waals surface area contributed by atoms with Crippen LogP contribution in [-0.4, -0.2) is 53.5 Å². The van der Waals surface area contributed by atoms with Crippen LogP contribution in [-0.2, 0) is 6.42 Å². The molecule has 0 saturated carbocycles. The first-order chi connectivity index (χ1) is 9.33. The largest absolute Gasteiger partial charge is 0.300 e. The molecule has 2 rings (SSSR count). The predicted octanol–water partition coefficient (Wildman–Crippen LogP) is 1.54. The molecule has 1 atom stereocenters. The van der Waals surface area contributed by atoms with Crippen LogP contribution in [0.1, 0.15) is 19.0 Å². The van der Waals surface area contributed by atoms with E-state index in [-0.39, 0.29) is 6.04 Å². The molecule has 0 amide bonds. The van der Waals surface area contributed by atoms with Gasteiger partial charge in [-0.05, 0) is 18.6 Å². The Hall–Kier alpha value is -1.44. The average molecular weight is 258 g/mol. The van der Waals surface area contributed by atoms with Crippen molar-refractivity contribution in [2.24, 2.45) is 0 Å². The highest BCUT2D eigenvalue weighted by atomic mass is 15.3. The van der Waals surface area contributed by atoms with Gasteiger partial charge in [0.15, 0.2) is 0 Å². The first-order valence-electron chi connectivity index (χ1n) is 7.09. The van der Waals surface area contributed by atoms with Crippen LogP contribution in [0.4, 0.5) is 0 Å². The van der Waals surface area contributed by atoms with Gasteiger partial charge in [0.25, 0.3) is 0 Å². The Bertz CT molecular complexity index is 404. The van der Waals surface area contributed by atoms with E-state index in [0.717, 1.165) is 51.3 Å². The number of nitriles is 1. The number of nitrogens with zero attached hydrogens (tertiary/aromatic N) is 4. The summed E-state index contributed by atoms with van der Waals surface area (Å²) in [7, 11) is 0. The lowest BCUT2D eigenvalue weighted by molar-refractivity contribution is 0.113. The van der Waals surface area contributed by atoms with Crippen molar-refractivity contribution in [1.29, 1.82) is 5.26 Å². The van der Waals surface area contributed by atoms with Gasteiger partial charge in [-0.3, -0.25) is 9.88 Å². The van der Waals surface area contributed by atoms with Crippen LogP contribution in [0.25, 0.3) is 0 Å². The molecule has 19 heavy (non-hydrogen) atoms. The zero-order chi connectivity index (χ0) is 13.5. The second kappa shape index (κ2) is 7.22. The Balaban J connectivity index is 1.73. The Morgan fingerprint density at radius 3 is 2.68 bits per heavy atom. The molecule has 0 aliphatic carbocycles. The number of hydrogen-bond acceptors (Lipinski definition) is 4. The fraction of sp³-hybridized carbons (Fsp3) is 0.600. The van der Waals surface area contributed by atoms with Gasteiger partial charge in [0.2, 0.25) is 0 Å². The summed E-state index contributed by atoms with van der Waals surface area (Å²) >= 11 is 0. The summed E-state index contributed by atoms with van der Waals surface area (Å²) in [5.74, 6) is 0. The minimum Gasteiger partial charge on any atom is -0.300 e. The van der Waals surface area contributed by atoms with Crippen LogP contribution in [0.2, 0.25) is 0 Å². The lowest BCUT2D eigenvalue weighted by atomic mass is 10.1. The topological polar surface area (TPSA) is 43.2 Å². The standard InChI is InChI=1S/C15H22N4/c1-2-15(13-16)19-11-9-18(10-12-19)8-6-14-5-3-4-7-17-14/h3-5,7,15H,2,6,8-12H2,1H3. The monoisotopic (exact) mass is 258 g/mol. The van der Waals surface area contributed by atoms with E-state index < -0.39 is 0 Å². The van der Waals surface area contributed by atoms with Crippen molar-refractivity contribution in [2.75, 3.05) is 32.7 Å². The fourth-order valence-corrected chi connectivity index (χ4v) is 2.55. The summed E-state index contributed by atoms with van der Waals surface area (Å²) in [5.41, 5.74) is 1.16. The molecule has 1 aliphatic rings. The number of pyridine rings is 1. The fourth-order valence-electron chi connectivity index (χ4n) is 2.55. The zero-order valence-electron chi connectivity index (χ0n) is 11.6. The van der Waals surface area contributed by atoms with Gasteiger partial charge < -0.3 is 4.90 Å². The molecule has 1 aliphatic heterocycles. The number of aromatic nitrogens is 1. The predicted molar refractivity (Wildman–Crippen MR) is 75.6 cm³/mol. The van der Waals surface area contributed by atoms with Crippen molar-refractivity contribution < 1.29 is 0 Å². The normalized spacial score (nSPS) is 18.9. The molecule has 4 heteroatoms. The van der Waals surface area contributed by atoms with Crippen LogP contribution < -0.4 is 0 Å². The SMILES string of the molecule is CCC(C#N)N1CCN(CCc2ccccn2)CC1. The molecule has 1 saturated heterocycles. The highest BCUT2D eigenvalue weighted by molar-refractivity contribution is 5.04. The van der Waals surface area contributed by atoms with Crippen LogP contribution in [0, 0.1) is 11.3 Å². The number of piperazine rings is 1. The third kappa shape index (κ3) is 4.02. The molecular weight excluding hydrogens is 236 g/mol. The summed E-state index contributed by atoms with van der Waals surface area (Å²) in [4.78, 5) is 9.12. The van der Waals surface area contributed by atoms with Gasteiger partial charge in [0.05, 0.1) is 12.1 Å². The van der Waals surface area contributed by atoms with Crippen molar-refractivity contribution in [3.63, 3.8) is 0 Å².